The van der Waals surface area contributed by atoms with Crippen LogP contribution in [0, 0.1) is 11.8 Å². The van der Waals surface area contributed by atoms with Gasteiger partial charge in [-0.2, -0.15) is 0 Å². The van der Waals surface area contributed by atoms with E-state index >= 15 is 0 Å². The van der Waals surface area contributed by atoms with Crippen molar-refractivity contribution in [3.63, 3.8) is 0 Å². The minimum atomic E-state index is -0.583. The van der Waals surface area contributed by atoms with Crippen LogP contribution >= 0.6 is 0 Å². The van der Waals surface area contributed by atoms with Crippen molar-refractivity contribution in [2.75, 3.05) is 25.5 Å². The van der Waals surface area contributed by atoms with E-state index < -0.39 is 17.5 Å². The van der Waals surface area contributed by atoms with Crippen LogP contribution in [-0.4, -0.2) is 45.7 Å². The topological polar surface area (TPSA) is 109 Å². The molecule has 0 aliphatic carbocycles. The molecule has 170 valence electrons. The second-order valence-corrected chi connectivity index (χ2v) is 7.43. The van der Waals surface area contributed by atoms with Gasteiger partial charge in [0.15, 0.2) is 0 Å². The molecule has 0 saturated carbocycles. The van der Waals surface area contributed by atoms with Gasteiger partial charge in [0.05, 0.1) is 24.7 Å². The number of aliphatic hydroxyl groups excluding tert-OH is 1. The van der Waals surface area contributed by atoms with Crippen molar-refractivity contribution in [2.45, 2.75) is 6.04 Å². The Morgan fingerprint density at radius 2 is 1.94 bits per heavy atom. The average Bonchev–Trinajstić information content (AvgIpc) is 2.88. The lowest BCUT2D eigenvalue weighted by Gasteiger charge is -2.18. The number of anilines is 1. The minimum Gasteiger partial charge on any atom is -0.394 e. The number of benzene rings is 2. The fraction of sp³-hybridized carbons (Fsp3) is 0.154. The van der Waals surface area contributed by atoms with E-state index in [0.29, 0.717) is 5.82 Å². The molecule has 0 spiro atoms. The highest BCUT2D eigenvalue weighted by Gasteiger charge is 2.18. The van der Waals surface area contributed by atoms with Crippen molar-refractivity contribution in [2.24, 2.45) is 0 Å². The molecule has 1 amide bonds. The Bertz CT molecular complexity index is 1440. The molecule has 8 nitrogen and oxygen atoms in total. The summed E-state index contributed by atoms with van der Waals surface area (Å²) in [5.41, 5.74) is 1.84. The van der Waals surface area contributed by atoms with E-state index in [1.54, 1.807) is 19.3 Å². The summed E-state index contributed by atoms with van der Waals surface area (Å²) in [4.78, 5) is 34.0. The fourth-order valence-electron chi connectivity index (χ4n) is 3.66. The molecule has 34 heavy (non-hydrogen) atoms. The van der Waals surface area contributed by atoms with E-state index in [0.717, 1.165) is 22.0 Å². The Morgan fingerprint density at radius 3 is 2.71 bits per heavy atom. The number of aromatic nitrogens is 3. The summed E-state index contributed by atoms with van der Waals surface area (Å²) in [6.45, 7) is -0.204. The first-order valence-corrected chi connectivity index (χ1v) is 10.7. The Balaban J connectivity index is 1.49. The highest BCUT2D eigenvalue weighted by atomic mass is 16.3. The largest absolute Gasteiger partial charge is 0.394 e. The maximum absolute atomic E-state index is 13.0. The number of carbonyl (C=O) groups excluding carboxylic acids is 1. The van der Waals surface area contributed by atoms with Gasteiger partial charge in [-0.15, -0.1) is 0 Å². The first-order valence-electron chi connectivity index (χ1n) is 10.7. The molecule has 8 heteroatoms. The van der Waals surface area contributed by atoms with E-state index in [1.165, 1.54) is 17.0 Å². The van der Waals surface area contributed by atoms with Gasteiger partial charge in [-0.05, 0) is 35.9 Å². The van der Waals surface area contributed by atoms with Crippen LogP contribution in [0.5, 0.6) is 0 Å². The zero-order chi connectivity index (χ0) is 23.9. The molecule has 0 radical (unpaired) electrons. The Hall–Kier alpha value is -4.48. The number of amides is 1. The number of aliphatic hydroxyl groups is 1. The highest BCUT2D eigenvalue weighted by Crippen LogP contribution is 2.19. The molecule has 0 saturated heterocycles. The van der Waals surface area contributed by atoms with Gasteiger partial charge in [-0.25, -0.2) is 9.97 Å². The molecule has 0 fully saturated rings. The lowest BCUT2D eigenvalue weighted by molar-refractivity contribution is 0.0956. The van der Waals surface area contributed by atoms with E-state index in [-0.39, 0.29) is 18.7 Å². The van der Waals surface area contributed by atoms with Gasteiger partial charge in [0.25, 0.3) is 11.5 Å². The normalized spacial score (nSPS) is 11.4. The second kappa shape index (κ2) is 10.4. The third kappa shape index (κ3) is 4.80. The van der Waals surface area contributed by atoms with Crippen LogP contribution in [0.2, 0.25) is 0 Å². The Kier molecular flexibility index (Phi) is 6.96. The van der Waals surface area contributed by atoms with E-state index in [9.17, 15) is 14.7 Å². The first-order chi connectivity index (χ1) is 16.6. The molecule has 3 N–H and O–H groups in total. The summed E-state index contributed by atoms with van der Waals surface area (Å²) < 4.78 is 1.37. The molecule has 2 aromatic carbocycles. The van der Waals surface area contributed by atoms with Crippen LogP contribution in [-0.2, 0) is 0 Å². The lowest BCUT2D eigenvalue weighted by atomic mass is 10.1. The molecular formula is C26H23N5O3. The number of fused-ring (bicyclic) bond motifs is 1. The van der Waals surface area contributed by atoms with E-state index in [2.05, 4.69) is 32.4 Å². The van der Waals surface area contributed by atoms with Crippen LogP contribution in [0.4, 0.5) is 5.82 Å². The molecule has 4 rings (SSSR count). The number of carbonyl (C=O) groups is 1. The molecule has 2 heterocycles. The van der Waals surface area contributed by atoms with Crippen molar-refractivity contribution in [3.05, 3.63) is 100 Å². The van der Waals surface area contributed by atoms with Crippen LogP contribution in [0.1, 0.15) is 27.5 Å². The minimum absolute atomic E-state index is 0.0137. The molecule has 0 aliphatic heterocycles. The summed E-state index contributed by atoms with van der Waals surface area (Å²) in [7, 11) is 1.79. The first kappa shape index (κ1) is 22.7. The maximum atomic E-state index is 13.0. The molecule has 0 unspecified atom stereocenters. The van der Waals surface area contributed by atoms with Crippen molar-refractivity contribution >= 4 is 22.6 Å². The third-order valence-electron chi connectivity index (χ3n) is 5.35. The summed E-state index contributed by atoms with van der Waals surface area (Å²) in [5, 5.41) is 16.4. The molecule has 2 aromatic heterocycles. The van der Waals surface area contributed by atoms with E-state index in [1.807, 2.05) is 48.5 Å². The molecule has 4 aromatic rings. The van der Waals surface area contributed by atoms with E-state index in [4.69, 9.17) is 0 Å². The summed E-state index contributed by atoms with van der Waals surface area (Å²) in [5.74, 6) is 6.09. The predicted molar refractivity (Wildman–Crippen MR) is 131 cm³/mol. The van der Waals surface area contributed by atoms with Crippen LogP contribution < -0.4 is 16.2 Å². The fourth-order valence-corrected chi connectivity index (χ4v) is 3.66. The van der Waals surface area contributed by atoms with Crippen LogP contribution in [0.15, 0.2) is 78.0 Å². The second-order valence-electron chi connectivity index (χ2n) is 7.43. The number of rotatable bonds is 6. The van der Waals surface area contributed by atoms with Crippen molar-refractivity contribution in [3.8, 4) is 11.8 Å². The number of nitrogens with zero attached hydrogens (tertiary/aromatic N) is 3. The average molecular weight is 454 g/mol. The van der Waals surface area contributed by atoms with Gasteiger partial charge in [0.1, 0.15) is 17.7 Å². The van der Waals surface area contributed by atoms with Gasteiger partial charge >= 0.3 is 0 Å². The van der Waals surface area contributed by atoms with Gasteiger partial charge < -0.3 is 20.3 Å². The zero-order valence-electron chi connectivity index (χ0n) is 18.5. The van der Waals surface area contributed by atoms with Crippen molar-refractivity contribution < 1.29 is 9.90 Å². The highest BCUT2D eigenvalue weighted by molar-refractivity contribution is 5.94. The zero-order valence-corrected chi connectivity index (χ0v) is 18.5. The summed E-state index contributed by atoms with van der Waals surface area (Å²) in [6, 6.07) is 17.3. The number of hydrogen-bond acceptors (Lipinski definition) is 6. The van der Waals surface area contributed by atoms with Crippen molar-refractivity contribution in [1.82, 2.24) is 19.9 Å². The monoisotopic (exact) mass is 453 g/mol. The molecule has 1 atom stereocenters. The quantitative estimate of drug-likeness (QED) is 0.386. The molecule has 0 aliphatic rings. The number of pyridine rings is 1. The standard InChI is InChI=1S/C26H23N5O3/c1-27-24-21-15-18(11-12-22(21)29-17-30-24)7-5-13-28-25(33)20-10-6-14-31(26(20)34)23(16-32)19-8-3-2-4-9-19/h2-4,6,8-12,14-15,17,23,32H,13,16H2,1H3,(H,28,33)(H,27,29,30)/t23-/m1/s1. The van der Waals surface area contributed by atoms with Gasteiger partial charge in [0, 0.05) is 24.2 Å². The SMILES string of the molecule is CNc1ncnc2ccc(C#CCNC(=O)c3cccn([C@H](CO)c4ccccc4)c3=O)cc12. The van der Waals surface area contributed by atoms with Crippen molar-refractivity contribution in [1.29, 1.82) is 0 Å². The van der Waals surface area contributed by atoms with Gasteiger partial charge in [0.2, 0.25) is 0 Å². The Labute approximate surface area is 196 Å². The van der Waals surface area contributed by atoms with Crippen LogP contribution in [0.3, 0.4) is 0 Å². The van der Waals surface area contributed by atoms with Crippen LogP contribution in [0.25, 0.3) is 10.9 Å². The number of nitrogens with one attached hydrogen (secondary N) is 2. The third-order valence-corrected chi connectivity index (χ3v) is 5.35. The maximum Gasteiger partial charge on any atom is 0.264 e. The summed E-state index contributed by atoms with van der Waals surface area (Å²) in [6.07, 6.45) is 3.06. The number of hydrogen-bond donors (Lipinski definition) is 3. The molecule has 0 bridgehead atoms. The van der Waals surface area contributed by atoms with Gasteiger partial charge in [-0.1, -0.05) is 42.2 Å². The predicted octanol–water partition coefficient (Wildman–Crippen LogP) is 2.20. The smallest absolute Gasteiger partial charge is 0.264 e. The molecular weight excluding hydrogens is 430 g/mol. The summed E-state index contributed by atoms with van der Waals surface area (Å²) >= 11 is 0. The van der Waals surface area contributed by atoms with Gasteiger partial charge in [-0.3, -0.25) is 9.59 Å². The Morgan fingerprint density at radius 1 is 1.12 bits per heavy atom. The lowest BCUT2D eigenvalue weighted by Crippen LogP contribution is -2.35.